The first-order valence-electron chi connectivity index (χ1n) is 6.80. The van der Waals surface area contributed by atoms with Crippen LogP contribution in [0.1, 0.15) is 0 Å². The number of hydrogen-bond acceptors (Lipinski definition) is 4. The monoisotopic (exact) mass is 336 g/mol. The summed E-state index contributed by atoms with van der Waals surface area (Å²) >= 11 is 0. The number of esters is 1. The highest BCUT2D eigenvalue weighted by molar-refractivity contribution is 5.99. The average Bonchev–Trinajstić information content (AvgIpc) is 2.55. The summed E-state index contributed by atoms with van der Waals surface area (Å²) in [6.45, 7) is -0.271. The van der Waals surface area contributed by atoms with E-state index in [1.807, 2.05) is 0 Å². The first-order chi connectivity index (χ1) is 11.5. The van der Waals surface area contributed by atoms with E-state index in [4.69, 9.17) is 4.74 Å². The van der Waals surface area contributed by atoms with Crippen LogP contribution in [0.4, 0.5) is 25.0 Å². The minimum absolute atomic E-state index is 0.160. The van der Waals surface area contributed by atoms with Crippen molar-refractivity contribution in [3.63, 3.8) is 0 Å². The minimum atomic E-state index is -0.889. The molecule has 6 nitrogen and oxygen atoms in total. The maximum Gasteiger partial charge on any atom is 0.343 e. The Hall–Kier alpha value is -3.16. The van der Waals surface area contributed by atoms with Crippen molar-refractivity contribution in [3.05, 3.63) is 54.1 Å². The summed E-state index contributed by atoms with van der Waals surface area (Å²) in [5.41, 5.74) is 0.199. The van der Waals surface area contributed by atoms with Crippen molar-refractivity contribution in [3.8, 4) is 5.75 Å². The molecular weight excluding hydrogens is 322 g/mol. The Kier molecular flexibility index (Phi) is 5.67. The standard InChI is InChI=1S/C16H14F2N2O4/c1-23-15(21)9-24-12-4-2-3-11(8-12)19-16(22)20-14-6-5-10(17)7-13(14)18/h2-8H,9H2,1H3,(H2,19,20,22). The highest BCUT2D eigenvalue weighted by Crippen LogP contribution is 2.19. The van der Waals surface area contributed by atoms with E-state index >= 15 is 0 Å². The number of urea groups is 1. The van der Waals surface area contributed by atoms with Gasteiger partial charge < -0.3 is 20.1 Å². The number of rotatable bonds is 5. The third-order valence-electron chi connectivity index (χ3n) is 2.86. The van der Waals surface area contributed by atoms with Crippen molar-refractivity contribution >= 4 is 23.4 Å². The van der Waals surface area contributed by atoms with Crippen molar-refractivity contribution in [2.75, 3.05) is 24.4 Å². The number of halogens is 2. The van der Waals surface area contributed by atoms with Gasteiger partial charge in [-0.2, -0.15) is 0 Å². The van der Waals surface area contributed by atoms with Gasteiger partial charge in [-0.1, -0.05) is 6.07 Å². The molecule has 0 radical (unpaired) electrons. The number of hydrogen-bond donors (Lipinski definition) is 2. The molecule has 2 N–H and O–H groups in total. The second-order valence-electron chi connectivity index (χ2n) is 4.60. The van der Waals surface area contributed by atoms with E-state index in [9.17, 15) is 18.4 Å². The van der Waals surface area contributed by atoms with Crippen molar-refractivity contribution in [2.24, 2.45) is 0 Å². The van der Waals surface area contributed by atoms with E-state index in [1.165, 1.54) is 13.2 Å². The van der Waals surface area contributed by atoms with E-state index < -0.39 is 23.6 Å². The Morgan fingerprint density at radius 1 is 1.08 bits per heavy atom. The molecule has 0 atom stereocenters. The van der Waals surface area contributed by atoms with Crippen LogP contribution in [-0.4, -0.2) is 25.7 Å². The molecule has 0 saturated carbocycles. The van der Waals surface area contributed by atoms with Crippen LogP contribution in [0.25, 0.3) is 0 Å². The molecule has 2 aromatic rings. The van der Waals surface area contributed by atoms with Gasteiger partial charge in [0.2, 0.25) is 0 Å². The summed E-state index contributed by atoms with van der Waals surface area (Å²) in [4.78, 5) is 22.9. The molecule has 2 amide bonds. The lowest BCUT2D eigenvalue weighted by Gasteiger charge is -2.10. The van der Waals surface area contributed by atoms with E-state index in [0.29, 0.717) is 17.5 Å². The molecule has 0 spiro atoms. The Bertz CT molecular complexity index is 753. The fourth-order valence-corrected chi connectivity index (χ4v) is 1.74. The lowest BCUT2D eigenvalue weighted by atomic mass is 10.3. The molecule has 0 aliphatic rings. The van der Waals surface area contributed by atoms with Crippen LogP contribution in [0, 0.1) is 11.6 Å². The van der Waals surface area contributed by atoms with Gasteiger partial charge in [0.15, 0.2) is 6.61 Å². The molecule has 0 bridgehead atoms. The lowest BCUT2D eigenvalue weighted by Crippen LogP contribution is -2.20. The molecular formula is C16H14F2N2O4. The smallest absolute Gasteiger partial charge is 0.343 e. The predicted molar refractivity (Wildman–Crippen MR) is 83.0 cm³/mol. The summed E-state index contributed by atoms with van der Waals surface area (Å²) in [5, 5.41) is 4.73. The van der Waals surface area contributed by atoms with Gasteiger partial charge in [-0.15, -0.1) is 0 Å². The quantitative estimate of drug-likeness (QED) is 0.822. The van der Waals surface area contributed by atoms with Crippen LogP contribution >= 0.6 is 0 Å². The topological polar surface area (TPSA) is 76.7 Å². The third-order valence-corrected chi connectivity index (χ3v) is 2.86. The van der Waals surface area contributed by atoms with Gasteiger partial charge in [0.1, 0.15) is 17.4 Å². The molecule has 0 fully saturated rings. The highest BCUT2D eigenvalue weighted by Gasteiger charge is 2.09. The van der Waals surface area contributed by atoms with E-state index in [0.717, 1.165) is 12.1 Å². The van der Waals surface area contributed by atoms with E-state index in [-0.39, 0.29) is 12.3 Å². The Morgan fingerprint density at radius 3 is 2.58 bits per heavy atom. The molecule has 0 unspecified atom stereocenters. The summed E-state index contributed by atoms with van der Waals surface area (Å²) in [5.74, 6) is -1.83. The normalized spacial score (nSPS) is 9.96. The second kappa shape index (κ2) is 7.91. The molecule has 2 aromatic carbocycles. The van der Waals surface area contributed by atoms with Crippen molar-refractivity contribution in [1.82, 2.24) is 0 Å². The zero-order chi connectivity index (χ0) is 17.5. The maximum absolute atomic E-state index is 13.5. The Morgan fingerprint density at radius 2 is 1.88 bits per heavy atom. The van der Waals surface area contributed by atoms with Crippen LogP contribution in [0.2, 0.25) is 0 Å². The molecule has 2 rings (SSSR count). The van der Waals surface area contributed by atoms with Gasteiger partial charge in [0, 0.05) is 17.8 Å². The van der Waals surface area contributed by atoms with Gasteiger partial charge in [-0.3, -0.25) is 0 Å². The molecule has 0 aliphatic heterocycles. The van der Waals surface area contributed by atoms with Crippen molar-refractivity contribution < 1.29 is 27.8 Å². The van der Waals surface area contributed by atoms with Gasteiger partial charge in [0.05, 0.1) is 12.8 Å². The zero-order valence-electron chi connectivity index (χ0n) is 12.6. The SMILES string of the molecule is COC(=O)COc1cccc(NC(=O)Nc2ccc(F)cc2F)c1. The Labute approximate surface area is 136 Å². The summed E-state index contributed by atoms with van der Waals surface area (Å²) < 4.78 is 35.9. The second-order valence-corrected chi connectivity index (χ2v) is 4.60. The van der Waals surface area contributed by atoms with Crippen LogP contribution in [0.5, 0.6) is 5.75 Å². The minimum Gasteiger partial charge on any atom is -0.482 e. The molecule has 0 aliphatic carbocycles. The maximum atomic E-state index is 13.5. The number of amides is 2. The third kappa shape index (κ3) is 4.94. The summed E-state index contributed by atoms with van der Waals surface area (Å²) in [6.07, 6.45) is 0. The Balaban J connectivity index is 1.97. The fraction of sp³-hybridized carbons (Fsp3) is 0.125. The average molecular weight is 336 g/mol. The van der Waals surface area contributed by atoms with E-state index in [2.05, 4.69) is 15.4 Å². The number of carbonyl (C=O) groups is 2. The molecule has 0 aromatic heterocycles. The molecule has 126 valence electrons. The number of nitrogens with one attached hydrogen (secondary N) is 2. The lowest BCUT2D eigenvalue weighted by molar-refractivity contribution is -0.142. The number of benzene rings is 2. The van der Waals surface area contributed by atoms with Gasteiger partial charge in [-0.25, -0.2) is 18.4 Å². The van der Waals surface area contributed by atoms with Crippen LogP contribution in [0.3, 0.4) is 0 Å². The van der Waals surface area contributed by atoms with Gasteiger partial charge in [-0.05, 0) is 24.3 Å². The molecule has 0 heterocycles. The van der Waals surface area contributed by atoms with E-state index in [1.54, 1.807) is 18.2 Å². The summed E-state index contributed by atoms with van der Waals surface area (Å²) in [7, 11) is 1.24. The molecule has 24 heavy (non-hydrogen) atoms. The van der Waals surface area contributed by atoms with Gasteiger partial charge in [0.25, 0.3) is 0 Å². The largest absolute Gasteiger partial charge is 0.482 e. The van der Waals surface area contributed by atoms with Crippen molar-refractivity contribution in [2.45, 2.75) is 0 Å². The van der Waals surface area contributed by atoms with Crippen LogP contribution in [-0.2, 0) is 9.53 Å². The highest BCUT2D eigenvalue weighted by atomic mass is 19.1. The number of anilines is 2. The zero-order valence-corrected chi connectivity index (χ0v) is 12.6. The van der Waals surface area contributed by atoms with Crippen LogP contribution in [0.15, 0.2) is 42.5 Å². The number of methoxy groups -OCH3 is 1. The molecule has 0 saturated heterocycles. The van der Waals surface area contributed by atoms with Crippen LogP contribution < -0.4 is 15.4 Å². The fourth-order valence-electron chi connectivity index (χ4n) is 1.74. The molecule has 8 heteroatoms. The summed E-state index contributed by atoms with van der Waals surface area (Å²) in [6, 6.07) is 8.32. The first-order valence-corrected chi connectivity index (χ1v) is 6.80. The van der Waals surface area contributed by atoms with Crippen molar-refractivity contribution in [1.29, 1.82) is 0 Å². The first kappa shape index (κ1) is 17.2. The predicted octanol–water partition coefficient (Wildman–Crippen LogP) is 3.16. The van der Waals surface area contributed by atoms with Gasteiger partial charge >= 0.3 is 12.0 Å². The number of carbonyl (C=O) groups excluding carboxylic acids is 2. The number of ether oxygens (including phenoxy) is 2.